The summed E-state index contributed by atoms with van der Waals surface area (Å²) in [5.74, 6) is 0.395. The van der Waals surface area contributed by atoms with Gasteiger partial charge < -0.3 is 10.5 Å². The first-order valence-corrected chi connectivity index (χ1v) is 6.66. The summed E-state index contributed by atoms with van der Waals surface area (Å²) >= 11 is 1.45. The normalized spacial score (nSPS) is 10.1. The van der Waals surface area contributed by atoms with Gasteiger partial charge in [0.1, 0.15) is 11.4 Å². The lowest BCUT2D eigenvalue weighted by molar-refractivity contribution is 0.0526. The summed E-state index contributed by atoms with van der Waals surface area (Å²) in [6.45, 7) is 7.97. The lowest BCUT2D eigenvalue weighted by Gasteiger charge is -2.06. The molecule has 0 saturated heterocycles. The fraction of sp³-hybridized carbons (Fsp3) is 0.417. The Morgan fingerprint density at radius 3 is 2.83 bits per heavy atom. The van der Waals surface area contributed by atoms with Gasteiger partial charge in [-0.25, -0.2) is 14.8 Å². The maximum atomic E-state index is 11.5. The highest BCUT2D eigenvalue weighted by molar-refractivity contribution is 7.99. The molecule has 0 fully saturated rings. The first kappa shape index (κ1) is 14.5. The number of nitrogens with two attached hydrogens (primary N) is 1. The Balaban J connectivity index is 2.73. The lowest BCUT2D eigenvalue weighted by Crippen LogP contribution is -2.10. The summed E-state index contributed by atoms with van der Waals surface area (Å²) in [6.07, 6.45) is 2.32. The Hall–Kier alpha value is -1.56. The van der Waals surface area contributed by atoms with Gasteiger partial charge in [0.15, 0.2) is 5.16 Å². The van der Waals surface area contributed by atoms with Crippen LogP contribution < -0.4 is 5.73 Å². The second-order valence-corrected chi connectivity index (χ2v) is 4.51. The molecule has 18 heavy (non-hydrogen) atoms. The Morgan fingerprint density at radius 1 is 1.56 bits per heavy atom. The molecule has 0 saturated carbocycles. The number of hydrogen-bond donors (Lipinski definition) is 1. The molecular formula is C12H17N3O2S. The van der Waals surface area contributed by atoms with Crippen molar-refractivity contribution in [1.29, 1.82) is 0 Å². The van der Waals surface area contributed by atoms with E-state index >= 15 is 0 Å². The molecule has 0 unspecified atom stereocenters. The first-order chi connectivity index (χ1) is 8.58. The monoisotopic (exact) mass is 267 g/mol. The molecule has 0 amide bonds. The van der Waals surface area contributed by atoms with E-state index in [9.17, 15) is 4.79 Å². The average molecular weight is 267 g/mol. The molecule has 5 nitrogen and oxygen atoms in total. The van der Waals surface area contributed by atoms with Gasteiger partial charge in [0, 0.05) is 11.9 Å². The number of anilines is 1. The Kier molecular flexibility index (Phi) is 5.64. The minimum atomic E-state index is -0.496. The molecule has 1 rings (SSSR count). The molecule has 98 valence electrons. The van der Waals surface area contributed by atoms with Crippen LogP contribution in [0.4, 0.5) is 5.82 Å². The van der Waals surface area contributed by atoms with Crippen LogP contribution in [0.1, 0.15) is 30.6 Å². The van der Waals surface area contributed by atoms with Crippen molar-refractivity contribution in [3.05, 3.63) is 23.9 Å². The minimum Gasteiger partial charge on any atom is -0.462 e. The molecule has 0 aromatic carbocycles. The predicted molar refractivity (Wildman–Crippen MR) is 72.6 cm³/mol. The second kappa shape index (κ2) is 7.00. The summed E-state index contributed by atoms with van der Waals surface area (Å²) < 4.78 is 4.84. The van der Waals surface area contributed by atoms with Crippen LogP contribution in [0.25, 0.3) is 0 Å². The van der Waals surface area contributed by atoms with E-state index in [1.807, 2.05) is 6.92 Å². The van der Waals surface area contributed by atoms with Crippen LogP contribution in [0.15, 0.2) is 23.5 Å². The number of rotatable bonds is 6. The highest BCUT2D eigenvalue weighted by Gasteiger charge is 2.13. The van der Waals surface area contributed by atoms with Gasteiger partial charge in [-0.3, -0.25) is 0 Å². The van der Waals surface area contributed by atoms with Crippen LogP contribution in [-0.2, 0) is 4.74 Å². The fourth-order valence-electron chi connectivity index (χ4n) is 1.08. The number of nitrogen functional groups attached to an aromatic ring is 1. The van der Waals surface area contributed by atoms with Gasteiger partial charge in [-0.05, 0) is 13.3 Å². The zero-order valence-electron chi connectivity index (χ0n) is 10.6. The molecule has 0 radical (unpaired) electrons. The van der Waals surface area contributed by atoms with Gasteiger partial charge in [0.25, 0.3) is 0 Å². The molecule has 1 aromatic rings. The first-order valence-electron chi connectivity index (χ1n) is 5.67. The molecular weight excluding hydrogens is 250 g/mol. The second-order valence-electron chi connectivity index (χ2n) is 3.56. The third kappa shape index (κ3) is 4.03. The summed E-state index contributed by atoms with van der Waals surface area (Å²) in [7, 11) is 0. The minimum absolute atomic E-state index is 0.146. The smallest absolute Gasteiger partial charge is 0.343 e. The van der Waals surface area contributed by atoms with E-state index in [0.717, 1.165) is 17.7 Å². The van der Waals surface area contributed by atoms with Crippen molar-refractivity contribution in [2.24, 2.45) is 0 Å². The number of ether oxygens (including phenoxy) is 1. The third-order valence-electron chi connectivity index (χ3n) is 2.20. The third-order valence-corrected chi connectivity index (χ3v) is 3.20. The van der Waals surface area contributed by atoms with Gasteiger partial charge in [-0.2, -0.15) is 0 Å². The van der Waals surface area contributed by atoms with Crippen molar-refractivity contribution in [2.45, 2.75) is 25.4 Å². The zero-order valence-corrected chi connectivity index (χ0v) is 11.4. The van der Waals surface area contributed by atoms with Crippen molar-refractivity contribution in [1.82, 2.24) is 9.97 Å². The lowest BCUT2D eigenvalue weighted by atomic mass is 10.3. The quantitative estimate of drug-likeness (QED) is 0.369. The molecule has 0 bridgehead atoms. The van der Waals surface area contributed by atoms with Gasteiger partial charge >= 0.3 is 5.97 Å². The number of hydrogen-bond acceptors (Lipinski definition) is 6. The van der Waals surface area contributed by atoms with Crippen LogP contribution in [-0.4, -0.2) is 28.3 Å². The number of carbonyl (C=O) groups is 1. The van der Waals surface area contributed by atoms with Crippen molar-refractivity contribution in [3.63, 3.8) is 0 Å². The number of esters is 1. The molecule has 0 aliphatic carbocycles. The average Bonchev–Trinajstić information content (AvgIpc) is 2.36. The Labute approximate surface area is 111 Å². The number of thioether (sulfide) groups is 1. The molecule has 6 heteroatoms. The highest BCUT2D eigenvalue weighted by atomic mass is 32.2. The van der Waals surface area contributed by atoms with Gasteiger partial charge in [0.2, 0.25) is 0 Å². The fourth-order valence-corrected chi connectivity index (χ4v) is 1.91. The van der Waals surface area contributed by atoms with E-state index in [4.69, 9.17) is 10.5 Å². The van der Waals surface area contributed by atoms with Crippen molar-refractivity contribution >= 4 is 23.5 Å². The maximum absolute atomic E-state index is 11.5. The predicted octanol–water partition coefficient (Wildman–Crippen LogP) is 2.29. The van der Waals surface area contributed by atoms with Crippen LogP contribution in [0.5, 0.6) is 0 Å². The summed E-state index contributed by atoms with van der Waals surface area (Å²) in [5.41, 5.74) is 7.02. The highest BCUT2D eigenvalue weighted by Crippen LogP contribution is 2.19. The number of aromatic nitrogens is 2. The zero-order chi connectivity index (χ0) is 13.5. The van der Waals surface area contributed by atoms with E-state index in [1.54, 1.807) is 6.92 Å². The molecule has 1 aromatic heterocycles. The molecule has 2 N–H and O–H groups in total. The topological polar surface area (TPSA) is 78.1 Å². The van der Waals surface area contributed by atoms with Gasteiger partial charge in [-0.1, -0.05) is 30.8 Å². The number of carbonyl (C=O) groups excluding carboxylic acids is 1. The van der Waals surface area contributed by atoms with E-state index in [0.29, 0.717) is 11.8 Å². The van der Waals surface area contributed by atoms with E-state index in [-0.39, 0.29) is 11.4 Å². The SMILES string of the molecule is C=C(CC)CSc1ncc(C(=O)OCC)c(N)n1. The van der Waals surface area contributed by atoms with E-state index in [2.05, 4.69) is 16.5 Å². The molecule has 1 heterocycles. The van der Waals surface area contributed by atoms with Gasteiger partial charge in [-0.15, -0.1) is 0 Å². The molecule has 0 spiro atoms. The Bertz CT molecular complexity index is 449. The van der Waals surface area contributed by atoms with Crippen LogP contribution in [0.2, 0.25) is 0 Å². The standard InChI is InChI=1S/C12H17N3O2S/c1-4-8(3)7-18-12-14-6-9(10(13)15-12)11(16)17-5-2/h6H,3-5,7H2,1-2H3,(H2,13,14,15). The van der Waals surface area contributed by atoms with Crippen LogP contribution in [0.3, 0.4) is 0 Å². The van der Waals surface area contributed by atoms with E-state index < -0.39 is 5.97 Å². The molecule has 0 atom stereocenters. The van der Waals surface area contributed by atoms with Crippen molar-refractivity contribution in [3.8, 4) is 0 Å². The van der Waals surface area contributed by atoms with E-state index in [1.165, 1.54) is 18.0 Å². The molecule has 0 aliphatic heterocycles. The molecule has 0 aliphatic rings. The largest absolute Gasteiger partial charge is 0.462 e. The maximum Gasteiger partial charge on any atom is 0.343 e. The van der Waals surface area contributed by atoms with Crippen LogP contribution >= 0.6 is 11.8 Å². The van der Waals surface area contributed by atoms with Crippen LogP contribution in [0, 0.1) is 0 Å². The van der Waals surface area contributed by atoms with Crippen molar-refractivity contribution in [2.75, 3.05) is 18.1 Å². The Morgan fingerprint density at radius 2 is 2.28 bits per heavy atom. The van der Waals surface area contributed by atoms with Crippen molar-refractivity contribution < 1.29 is 9.53 Å². The summed E-state index contributed by atoms with van der Waals surface area (Å²) in [5, 5.41) is 0.537. The van der Waals surface area contributed by atoms with Gasteiger partial charge in [0.05, 0.1) is 6.61 Å². The summed E-state index contributed by atoms with van der Waals surface area (Å²) in [4.78, 5) is 19.6. The number of nitrogens with zero attached hydrogens (tertiary/aromatic N) is 2. The summed E-state index contributed by atoms with van der Waals surface area (Å²) in [6, 6.07) is 0.